The van der Waals surface area contributed by atoms with Crippen LogP contribution in [0.5, 0.6) is 0 Å². The van der Waals surface area contributed by atoms with E-state index < -0.39 is 15.8 Å². The Morgan fingerprint density at radius 3 is 2.84 bits per heavy atom. The molecule has 1 heterocycles. The van der Waals surface area contributed by atoms with E-state index in [2.05, 4.69) is 20.7 Å². The molecule has 1 aliphatic heterocycles. The van der Waals surface area contributed by atoms with Crippen molar-refractivity contribution in [2.24, 2.45) is 0 Å². The number of nitrogens with one attached hydrogen (secondary N) is 1. The first kappa shape index (κ1) is 14.9. The van der Waals surface area contributed by atoms with Crippen LogP contribution in [-0.2, 0) is 19.5 Å². The maximum Gasteiger partial charge on any atom is 0.240 e. The first-order chi connectivity index (χ1) is 8.99. The van der Waals surface area contributed by atoms with E-state index in [1.54, 1.807) is 0 Å². The second kappa shape index (κ2) is 6.27. The lowest BCUT2D eigenvalue weighted by Crippen LogP contribution is -2.39. The molecule has 5 nitrogen and oxygen atoms in total. The highest BCUT2D eigenvalue weighted by Gasteiger charge is 2.20. The topological polar surface area (TPSA) is 64.6 Å². The molecule has 19 heavy (non-hydrogen) atoms. The van der Waals surface area contributed by atoms with Crippen molar-refractivity contribution in [3.05, 3.63) is 28.5 Å². The average Bonchev–Trinajstić information content (AvgIpc) is 2.41. The maximum absolute atomic E-state index is 13.3. The number of sulfonamides is 1. The molecule has 0 spiro atoms. The largest absolute Gasteiger partial charge is 0.376 e. The Morgan fingerprint density at radius 1 is 1.42 bits per heavy atom. The number of hydrogen-bond acceptors (Lipinski definition) is 4. The van der Waals surface area contributed by atoms with Gasteiger partial charge >= 0.3 is 0 Å². The number of ether oxygens (including phenoxy) is 2. The van der Waals surface area contributed by atoms with Crippen molar-refractivity contribution in [1.29, 1.82) is 0 Å². The van der Waals surface area contributed by atoms with Gasteiger partial charge in [-0.1, -0.05) is 0 Å². The molecule has 1 fully saturated rings. The molecule has 2 rings (SSSR count). The SMILES string of the molecule is O=S(=O)(NCC1COCCO1)c1ccc(Br)c(F)c1. The third-order valence-corrected chi connectivity index (χ3v) is 4.65. The van der Waals surface area contributed by atoms with Crippen LogP contribution in [0.15, 0.2) is 27.6 Å². The molecule has 0 aliphatic carbocycles. The lowest BCUT2D eigenvalue weighted by Gasteiger charge is -2.23. The maximum atomic E-state index is 13.3. The highest BCUT2D eigenvalue weighted by atomic mass is 79.9. The van der Waals surface area contributed by atoms with Gasteiger partial charge in [0.1, 0.15) is 5.82 Å². The summed E-state index contributed by atoms with van der Waals surface area (Å²) in [5.74, 6) is -0.625. The van der Waals surface area contributed by atoms with Gasteiger partial charge < -0.3 is 9.47 Å². The predicted molar refractivity (Wildman–Crippen MR) is 69.8 cm³/mol. The van der Waals surface area contributed by atoms with E-state index >= 15 is 0 Å². The predicted octanol–water partition coefficient (Wildman–Crippen LogP) is 1.28. The van der Waals surface area contributed by atoms with E-state index in [9.17, 15) is 12.8 Å². The first-order valence-electron chi connectivity index (χ1n) is 5.63. The summed E-state index contributed by atoms with van der Waals surface area (Å²) in [5.41, 5.74) is 0. The molecule has 8 heteroatoms. The Balaban J connectivity index is 2.02. The summed E-state index contributed by atoms with van der Waals surface area (Å²) >= 11 is 2.97. The zero-order valence-electron chi connectivity index (χ0n) is 9.93. The van der Waals surface area contributed by atoms with Crippen LogP contribution in [0.25, 0.3) is 0 Å². The van der Waals surface area contributed by atoms with E-state index in [0.717, 1.165) is 6.07 Å². The first-order valence-corrected chi connectivity index (χ1v) is 7.91. The Morgan fingerprint density at radius 2 is 2.21 bits per heavy atom. The Hall–Kier alpha value is -0.540. The molecule has 1 N–H and O–H groups in total. The Bertz CT molecular complexity index is 546. The van der Waals surface area contributed by atoms with Gasteiger partial charge in [0.2, 0.25) is 10.0 Å². The zero-order chi connectivity index (χ0) is 13.9. The van der Waals surface area contributed by atoms with Crippen LogP contribution in [0.2, 0.25) is 0 Å². The zero-order valence-corrected chi connectivity index (χ0v) is 12.3. The monoisotopic (exact) mass is 353 g/mol. The van der Waals surface area contributed by atoms with E-state index in [4.69, 9.17) is 9.47 Å². The summed E-state index contributed by atoms with van der Waals surface area (Å²) in [6, 6.07) is 3.64. The van der Waals surface area contributed by atoms with Crippen molar-refractivity contribution in [2.45, 2.75) is 11.0 Å². The van der Waals surface area contributed by atoms with Crippen LogP contribution in [0, 0.1) is 5.82 Å². The van der Waals surface area contributed by atoms with E-state index in [-0.39, 0.29) is 22.0 Å². The lowest BCUT2D eigenvalue weighted by atomic mass is 10.3. The molecule has 106 valence electrons. The number of hydrogen-bond donors (Lipinski definition) is 1. The second-order valence-corrected chi connectivity index (χ2v) is 6.62. The molecule has 0 radical (unpaired) electrons. The number of rotatable bonds is 4. The van der Waals surface area contributed by atoms with Crippen LogP contribution >= 0.6 is 15.9 Å². The van der Waals surface area contributed by atoms with Crippen molar-refractivity contribution in [2.75, 3.05) is 26.4 Å². The fourth-order valence-electron chi connectivity index (χ4n) is 1.58. The molecule has 1 aromatic carbocycles. The quantitative estimate of drug-likeness (QED) is 0.885. The van der Waals surface area contributed by atoms with Crippen LogP contribution in [-0.4, -0.2) is 40.9 Å². The van der Waals surface area contributed by atoms with E-state index in [1.165, 1.54) is 12.1 Å². The molecule has 1 saturated heterocycles. The molecule has 1 atom stereocenters. The minimum absolute atomic E-state index is 0.0972. The van der Waals surface area contributed by atoms with Gasteiger partial charge in [-0.25, -0.2) is 17.5 Å². The van der Waals surface area contributed by atoms with Gasteiger partial charge in [-0.05, 0) is 34.1 Å². The molecule has 1 aliphatic rings. The molecular weight excluding hydrogens is 341 g/mol. The summed E-state index contributed by atoms with van der Waals surface area (Å²) in [6.45, 7) is 1.40. The summed E-state index contributed by atoms with van der Waals surface area (Å²) in [7, 11) is -3.75. The fraction of sp³-hybridized carbons (Fsp3) is 0.455. The third kappa shape index (κ3) is 3.96. The standard InChI is InChI=1S/C11H13BrFNO4S/c12-10-2-1-9(5-11(10)13)19(15,16)14-6-8-7-17-3-4-18-8/h1-2,5,8,14H,3-4,6-7H2. The minimum Gasteiger partial charge on any atom is -0.376 e. The highest BCUT2D eigenvalue weighted by molar-refractivity contribution is 9.10. The van der Waals surface area contributed by atoms with Gasteiger partial charge in [0, 0.05) is 6.54 Å². The van der Waals surface area contributed by atoms with Gasteiger partial charge in [-0.2, -0.15) is 0 Å². The van der Waals surface area contributed by atoms with Crippen LogP contribution in [0.4, 0.5) is 4.39 Å². The van der Waals surface area contributed by atoms with Gasteiger partial charge in [-0.15, -0.1) is 0 Å². The van der Waals surface area contributed by atoms with Crippen molar-refractivity contribution < 1.29 is 22.3 Å². The summed E-state index contributed by atoms with van der Waals surface area (Å²) in [6.07, 6.45) is -0.316. The fourth-order valence-corrected chi connectivity index (χ4v) is 2.91. The molecule has 0 aromatic heterocycles. The minimum atomic E-state index is -3.75. The van der Waals surface area contributed by atoms with Crippen molar-refractivity contribution >= 4 is 26.0 Å². The average molecular weight is 354 g/mol. The second-order valence-electron chi connectivity index (χ2n) is 4.00. The molecule has 0 saturated carbocycles. The van der Waals surface area contributed by atoms with E-state index in [0.29, 0.717) is 19.8 Å². The van der Waals surface area contributed by atoms with Gasteiger partial charge in [-0.3, -0.25) is 0 Å². The van der Waals surface area contributed by atoms with Crippen LogP contribution in [0.3, 0.4) is 0 Å². The molecule has 1 aromatic rings. The van der Waals surface area contributed by atoms with Gasteiger partial charge in [0.05, 0.1) is 35.3 Å². The summed E-state index contributed by atoms with van der Waals surface area (Å²) in [4.78, 5) is -0.120. The molecule has 0 bridgehead atoms. The van der Waals surface area contributed by atoms with Crippen LogP contribution in [0.1, 0.15) is 0 Å². The third-order valence-electron chi connectivity index (χ3n) is 2.59. The Kier molecular flexibility index (Phi) is 4.91. The molecule has 1 unspecified atom stereocenters. The van der Waals surface area contributed by atoms with Gasteiger partial charge in [0.25, 0.3) is 0 Å². The summed E-state index contributed by atoms with van der Waals surface area (Å²) in [5, 5.41) is 0. The Labute approximate surface area is 119 Å². The summed E-state index contributed by atoms with van der Waals surface area (Å²) < 4.78 is 50.3. The number of halogens is 2. The lowest BCUT2D eigenvalue weighted by molar-refractivity contribution is -0.0846. The number of benzene rings is 1. The highest BCUT2D eigenvalue weighted by Crippen LogP contribution is 2.19. The van der Waals surface area contributed by atoms with Gasteiger partial charge in [0.15, 0.2) is 0 Å². The smallest absolute Gasteiger partial charge is 0.240 e. The van der Waals surface area contributed by atoms with E-state index in [1.807, 2.05) is 0 Å². The normalized spacial score (nSPS) is 20.4. The molecule has 0 amide bonds. The van der Waals surface area contributed by atoms with Crippen molar-refractivity contribution in [3.63, 3.8) is 0 Å². The van der Waals surface area contributed by atoms with Crippen LogP contribution < -0.4 is 4.72 Å². The molecular formula is C11H13BrFNO4S. The van der Waals surface area contributed by atoms with Crippen molar-refractivity contribution in [3.8, 4) is 0 Å². The van der Waals surface area contributed by atoms with Crippen molar-refractivity contribution in [1.82, 2.24) is 4.72 Å².